The lowest BCUT2D eigenvalue weighted by Crippen LogP contribution is -2.60. The average Bonchev–Trinajstić information content (AvgIpc) is 2.55. The third-order valence-corrected chi connectivity index (χ3v) is 5.93. The normalized spacial score (nSPS) is 34.4. The minimum atomic E-state index is -0.822. The third kappa shape index (κ3) is 2.70. The molecule has 1 aromatic rings. The van der Waals surface area contributed by atoms with Crippen molar-refractivity contribution in [3.8, 4) is 5.75 Å². The van der Waals surface area contributed by atoms with E-state index in [0.29, 0.717) is 28.7 Å². The summed E-state index contributed by atoms with van der Waals surface area (Å²) < 4.78 is 5.74. The van der Waals surface area contributed by atoms with Gasteiger partial charge in [0.2, 0.25) is 0 Å². The molecule has 1 aliphatic heterocycles. The number of ether oxygens (including phenoxy) is 1. The molecule has 2 bridgehead atoms. The molecule has 5 rings (SSSR count). The van der Waals surface area contributed by atoms with Gasteiger partial charge in [-0.2, -0.15) is 0 Å². The Morgan fingerprint density at radius 3 is 2.79 bits per heavy atom. The number of benzene rings is 1. The van der Waals surface area contributed by atoms with Gasteiger partial charge in [-0.3, -0.25) is 9.59 Å². The fraction of sp³-hybridized carbons (Fsp3) is 0.556. The van der Waals surface area contributed by atoms with Crippen LogP contribution in [0.15, 0.2) is 18.2 Å². The van der Waals surface area contributed by atoms with Crippen molar-refractivity contribution in [3.63, 3.8) is 0 Å². The molecule has 0 radical (unpaired) electrons. The highest BCUT2D eigenvalue weighted by Crippen LogP contribution is 2.44. The van der Waals surface area contributed by atoms with E-state index in [1.54, 1.807) is 18.2 Å². The first kappa shape index (κ1) is 15.9. The number of halogens is 1. The van der Waals surface area contributed by atoms with E-state index in [2.05, 4.69) is 5.32 Å². The van der Waals surface area contributed by atoms with E-state index in [9.17, 15) is 14.7 Å². The Bertz CT molecular complexity index is 696. The molecule has 1 aromatic carbocycles. The van der Waals surface area contributed by atoms with Crippen LogP contribution in [0, 0.1) is 5.92 Å². The van der Waals surface area contributed by atoms with E-state index < -0.39 is 6.10 Å². The molecule has 1 amide bonds. The van der Waals surface area contributed by atoms with Crippen LogP contribution in [-0.4, -0.2) is 34.5 Å². The monoisotopic (exact) mass is 349 g/mol. The second kappa shape index (κ2) is 5.74. The molecular formula is C18H20ClNO4. The molecule has 0 saturated heterocycles. The van der Waals surface area contributed by atoms with Crippen LogP contribution in [0.1, 0.15) is 48.9 Å². The molecule has 24 heavy (non-hydrogen) atoms. The maximum atomic E-state index is 12.7. The second-order valence-electron chi connectivity index (χ2n) is 7.25. The molecule has 5 nitrogen and oxygen atoms in total. The van der Waals surface area contributed by atoms with Gasteiger partial charge in [0.25, 0.3) is 5.91 Å². The summed E-state index contributed by atoms with van der Waals surface area (Å²) in [6, 6.07) is 4.85. The summed E-state index contributed by atoms with van der Waals surface area (Å²) in [5, 5.41) is 13.7. The zero-order chi connectivity index (χ0) is 16.9. The topological polar surface area (TPSA) is 75.6 Å². The minimum Gasteiger partial charge on any atom is -0.479 e. The first-order valence-electron chi connectivity index (χ1n) is 8.45. The number of carbonyl (C=O) groups is 2. The molecule has 6 heteroatoms. The first-order chi connectivity index (χ1) is 11.5. The van der Waals surface area contributed by atoms with Crippen molar-refractivity contribution in [2.75, 3.05) is 0 Å². The fourth-order valence-electron chi connectivity index (χ4n) is 4.31. The Morgan fingerprint density at radius 2 is 2.08 bits per heavy atom. The predicted octanol–water partition coefficient (Wildman–Crippen LogP) is 2.48. The SMILES string of the molecule is O=C1CC(C(=O)NC23CCC(CC2)[C@@H](O)C3)Oc2ccc(Cl)cc21. The van der Waals surface area contributed by atoms with Crippen LogP contribution in [0.5, 0.6) is 5.75 Å². The number of Topliss-reactive ketones (excluding diaryl/α,β-unsaturated/α-hetero) is 1. The number of aliphatic hydroxyl groups excluding tert-OH is 1. The van der Waals surface area contributed by atoms with Crippen LogP contribution in [0.2, 0.25) is 5.02 Å². The van der Waals surface area contributed by atoms with Gasteiger partial charge in [-0.1, -0.05) is 11.6 Å². The van der Waals surface area contributed by atoms with Crippen LogP contribution >= 0.6 is 11.6 Å². The summed E-state index contributed by atoms with van der Waals surface area (Å²) >= 11 is 5.91. The lowest BCUT2D eigenvalue weighted by molar-refractivity contribution is -0.133. The molecule has 2 atom stereocenters. The zero-order valence-electron chi connectivity index (χ0n) is 13.3. The Hall–Kier alpha value is -1.59. The van der Waals surface area contributed by atoms with Gasteiger partial charge in [0.1, 0.15) is 5.75 Å². The average molecular weight is 350 g/mol. The van der Waals surface area contributed by atoms with Crippen LogP contribution < -0.4 is 10.1 Å². The quantitative estimate of drug-likeness (QED) is 0.860. The number of carbonyl (C=O) groups excluding carboxylic acids is 2. The largest absolute Gasteiger partial charge is 0.479 e. The van der Waals surface area contributed by atoms with Gasteiger partial charge < -0.3 is 15.2 Å². The Balaban J connectivity index is 1.49. The summed E-state index contributed by atoms with van der Waals surface area (Å²) in [5.41, 5.74) is 0.0797. The molecule has 2 N–H and O–H groups in total. The lowest BCUT2D eigenvalue weighted by atomic mass is 9.64. The number of rotatable bonds is 2. The molecule has 1 heterocycles. The van der Waals surface area contributed by atoms with E-state index >= 15 is 0 Å². The summed E-state index contributed by atoms with van der Waals surface area (Å²) in [6.07, 6.45) is 3.08. The maximum absolute atomic E-state index is 12.7. The van der Waals surface area contributed by atoms with E-state index in [1.807, 2.05) is 0 Å². The third-order valence-electron chi connectivity index (χ3n) is 5.69. The van der Waals surface area contributed by atoms with Crippen molar-refractivity contribution in [2.45, 2.75) is 56.3 Å². The standard InChI is InChI=1S/C18H20ClNO4/c19-11-1-2-15-12(7-11)13(21)8-16(24-15)17(23)20-18-5-3-10(4-6-18)14(22)9-18/h1-2,7,10,14,16,22H,3-6,8-9H2,(H,20,23)/t10?,14-,16?,18?/m0/s1. The molecule has 0 spiro atoms. The van der Waals surface area contributed by atoms with Crippen molar-refractivity contribution >= 4 is 23.3 Å². The number of nitrogens with one attached hydrogen (secondary N) is 1. The van der Waals surface area contributed by atoms with Crippen molar-refractivity contribution in [1.82, 2.24) is 5.32 Å². The predicted molar refractivity (Wildman–Crippen MR) is 88.3 cm³/mol. The van der Waals surface area contributed by atoms with Gasteiger partial charge >= 0.3 is 0 Å². The lowest BCUT2D eigenvalue weighted by Gasteiger charge is -2.49. The number of amides is 1. The number of ketones is 1. The molecule has 4 aliphatic rings. The van der Waals surface area contributed by atoms with Crippen LogP contribution in [-0.2, 0) is 4.79 Å². The summed E-state index contributed by atoms with van der Waals surface area (Å²) in [4.78, 5) is 25.0. The van der Waals surface area contributed by atoms with Crippen LogP contribution in [0.3, 0.4) is 0 Å². The van der Waals surface area contributed by atoms with Gasteiger partial charge in [-0.05, 0) is 56.2 Å². The molecule has 3 fully saturated rings. The van der Waals surface area contributed by atoms with E-state index in [0.717, 1.165) is 25.7 Å². The van der Waals surface area contributed by atoms with Gasteiger partial charge in [0.15, 0.2) is 11.9 Å². The van der Waals surface area contributed by atoms with Gasteiger partial charge in [-0.25, -0.2) is 0 Å². The highest BCUT2D eigenvalue weighted by atomic mass is 35.5. The Labute approximate surface area is 145 Å². The smallest absolute Gasteiger partial charge is 0.261 e. The highest BCUT2D eigenvalue weighted by molar-refractivity contribution is 6.31. The maximum Gasteiger partial charge on any atom is 0.261 e. The number of aliphatic hydroxyl groups is 1. The summed E-state index contributed by atoms with van der Waals surface area (Å²) in [7, 11) is 0. The fourth-order valence-corrected chi connectivity index (χ4v) is 4.48. The molecule has 1 unspecified atom stereocenters. The Morgan fingerprint density at radius 1 is 1.33 bits per heavy atom. The first-order valence-corrected chi connectivity index (χ1v) is 8.83. The van der Waals surface area contributed by atoms with Gasteiger partial charge in [-0.15, -0.1) is 0 Å². The zero-order valence-corrected chi connectivity index (χ0v) is 14.0. The second-order valence-corrected chi connectivity index (χ2v) is 7.69. The van der Waals surface area contributed by atoms with Crippen molar-refractivity contribution in [3.05, 3.63) is 28.8 Å². The van der Waals surface area contributed by atoms with Crippen LogP contribution in [0.25, 0.3) is 0 Å². The van der Waals surface area contributed by atoms with Gasteiger partial charge in [0.05, 0.1) is 18.1 Å². The van der Waals surface area contributed by atoms with Crippen LogP contribution in [0.4, 0.5) is 0 Å². The van der Waals surface area contributed by atoms with Gasteiger partial charge in [0, 0.05) is 10.6 Å². The van der Waals surface area contributed by atoms with E-state index in [-0.39, 0.29) is 29.8 Å². The molecule has 0 aromatic heterocycles. The Kier molecular flexibility index (Phi) is 3.81. The van der Waals surface area contributed by atoms with Crippen molar-refractivity contribution in [2.24, 2.45) is 5.92 Å². The minimum absolute atomic E-state index is 0.0143. The van der Waals surface area contributed by atoms with Crippen molar-refractivity contribution < 1.29 is 19.4 Å². The molecular weight excluding hydrogens is 330 g/mol. The summed E-state index contributed by atoms with van der Waals surface area (Å²) in [6.45, 7) is 0. The number of hydrogen-bond donors (Lipinski definition) is 2. The van der Waals surface area contributed by atoms with Crippen molar-refractivity contribution in [1.29, 1.82) is 0 Å². The highest BCUT2D eigenvalue weighted by Gasteiger charge is 2.47. The number of fused-ring (bicyclic) bond motifs is 4. The number of hydrogen-bond acceptors (Lipinski definition) is 4. The summed E-state index contributed by atoms with van der Waals surface area (Å²) in [5.74, 6) is 0.369. The molecule has 128 valence electrons. The molecule has 3 saturated carbocycles. The molecule has 3 aliphatic carbocycles. The van der Waals surface area contributed by atoms with E-state index in [1.165, 1.54) is 0 Å². The van der Waals surface area contributed by atoms with E-state index in [4.69, 9.17) is 16.3 Å².